The zero-order valence-corrected chi connectivity index (χ0v) is 18.2. The number of ether oxygens (including phenoxy) is 6. The third kappa shape index (κ3) is 4.95. The molecule has 0 spiro atoms. The second-order valence-electron chi connectivity index (χ2n) is 8.50. The van der Waals surface area contributed by atoms with Gasteiger partial charge in [-0.05, 0) is 20.8 Å². The summed E-state index contributed by atoms with van der Waals surface area (Å²) >= 11 is 0. The molecule has 3 rings (SSSR count). The maximum absolute atomic E-state index is 10.8. The van der Waals surface area contributed by atoms with Crippen molar-refractivity contribution in [2.45, 2.75) is 113 Å². The van der Waals surface area contributed by atoms with Crippen LogP contribution in [0.1, 0.15) is 20.8 Å². The Labute approximate surface area is 185 Å². The summed E-state index contributed by atoms with van der Waals surface area (Å²) in [7, 11) is 1.31. The molecule has 188 valence electrons. The molecule has 3 aliphatic rings. The molecule has 0 saturated carbocycles. The molecule has 0 aliphatic carbocycles. The van der Waals surface area contributed by atoms with Gasteiger partial charge >= 0.3 is 0 Å². The fourth-order valence-corrected chi connectivity index (χ4v) is 4.09. The molecule has 3 fully saturated rings. The Kier molecular flexibility index (Phi) is 8.48. The second-order valence-corrected chi connectivity index (χ2v) is 8.50. The van der Waals surface area contributed by atoms with Crippen LogP contribution in [0.5, 0.6) is 0 Å². The van der Waals surface area contributed by atoms with Gasteiger partial charge < -0.3 is 64.2 Å². The number of methoxy groups -OCH3 is 1. The second kappa shape index (κ2) is 10.4. The molecule has 0 aromatic carbocycles. The van der Waals surface area contributed by atoms with Gasteiger partial charge in [0.25, 0.3) is 0 Å². The Morgan fingerprint density at radius 1 is 0.469 bits per heavy atom. The normalized spacial score (nSPS) is 55.0. The van der Waals surface area contributed by atoms with E-state index in [0.29, 0.717) is 0 Å². The van der Waals surface area contributed by atoms with Crippen molar-refractivity contribution in [3.05, 3.63) is 0 Å². The molecule has 32 heavy (non-hydrogen) atoms. The van der Waals surface area contributed by atoms with E-state index in [-0.39, 0.29) is 0 Å². The summed E-state index contributed by atoms with van der Waals surface area (Å²) in [5, 5.41) is 71.3. The minimum Gasteiger partial charge on any atom is -0.388 e. The van der Waals surface area contributed by atoms with Gasteiger partial charge in [-0.3, -0.25) is 0 Å². The number of aliphatic hydroxyl groups is 7. The van der Waals surface area contributed by atoms with E-state index >= 15 is 0 Å². The molecule has 0 aromatic rings. The van der Waals surface area contributed by atoms with E-state index in [0.717, 1.165) is 0 Å². The van der Waals surface area contributed by atoms with E-state index < -0.39 is 92.1 Å². The summed E-state index contributed by atoms with van der Waals surface area (Å²) in [5.74, 6) is 0. The first-order valence-corrected chi connectivity index (χ1v) is 10.5. The molecule has 0 amide bonds. The molecule has 0 aromatic heterocycles. The third-order valence-corrected chi connectivity index (χ3v) is 6.18. The van der Waals surface area contributed by atoms with Crippen LogP contribution in [-0.2, 0) is 28.4 Å². The highest BCUT2D eigenvalue weighted by Gasteiger charge is 2.52. The van der Waals surface area contributed by atoms with E-state index in [9.17, 15) is 35.7 Å². The maximum Gasteiger partial charge on any atom is 0.187 e. The molecule has 0 radical (unpaired) electrons. The number of hydrogen-bond donors (Lipinski definition) is 7. The highest BCUT2D eigenvalue weighted by Crippen LogP contribution is 2.33. The van der Waals surface area contributed by atoms with Crippen molar-refractivity contribution in [1.29, 1.82) is 0 Å². The van der Waals surface area contributed by atoms with E-state index in [1.54, 1.807) is 6.92 Å². The minimum absolute atomic E-state index is 0.794. The van der Waals surface area contributed by atoms with E-state index in [4.69, 9.17) is 28.4 Å². The lowest BCUT2D eigenvalue weighted by Crippen LogP contribution is -2.65. The van der Waals surface area contributed by atoms with Gasteiger partial charge in [-0.2, -0.15) is 0 Å². The van der Waals surface area contributed by atoms with Gasteiger partial charge in [-0.1, -0.05) is 0 Å². The molecule has 13 heteroatoms. The number of aliphatic hydroxyl groups excluding tert-OH is 7. The molecule has 3 aliphatic heterocycles. The Balaban J connectivity index is 1.81. The van der Waals surface area contributed by atoms with E-state index in [2.05, 4.69) is 0 Å². The predicted molar refractivity (Wildman–Crippen MR) is 102 cm³/mol. The lowest BCUT2D eigenvalue weighted by Gasteiger charge is -2.48. The highest BCUT2D eigenvalue weighted by atomic mass is 16.8. The standard InChI is InChI=1S/C19H34O13/c1-5-8(20)10(22)12(24)18(28-5)31-15-7(3)30-17(27-4)14(26)16(15)32-19-13(25)11(23)9(21)6(2)29-19/h5-26H,1-4H3/t5-,6-,7-,8+,9+,10+,11+,12-,13-,14+,15-,16-,17+,18+,19+/m0/s1. The minimum atomic E-state index is -1.64. The lowest BCUT2D eigenvalue weighted by atomic mass is 9.96. The topological polar surface area (TPSA) is 197 Å². The molecular weight excluding hydrogens is 436 g/mol. The van der Waals surface area contributed by atoms with Gasteiger partial charge in [-0.25, -0.2) is 0 Å². The summed E-state index contributed by atoms with van der Waals surface area (Å²) in [6.07, 6.45) is -19.4. The SMILES string of the molecule is CO[C@@H]1O[C@@H](C)[C@H](O[C@H]2O[C@@H](C)[C@@H](O)[C@@H](O)[C@@H]2O)[C@@H](O[C@H]2O[C@@H](C)[C@@H](O)[C@@H](O)[C@@H]2O)[C@H]1O. The molecule has 3 saturated heterocycles. The molecule has 0 bridgehead atoms. The van der Waals surface area contributed by atoms with Gasteiger partial charge in [-0.15, -0.1) is 0 Å². The van der Waals surface area contributed by atoms with Crippen LogP contribution in [0.25, 0.3) is 0 Å². The Bertz CT molecular complexity index is 610. The van der Waals surface area contributed by atoms with Crippen molar-refractivity contribution in [2.75, 3.05) is 7.11 Å². The van der Waals surface area contributed by atoms with E-state index in [1.807, 2.05) is 0 Å². The molecule has 7 N–H and O–H groups in total. The van der Waals surface area contributed by atoms with Crippen LogP contribution >= 0.6 is 0 Å². The van der Waals surface area contributed by atoms with Gasteiger partial charge in [0.2, 0.25) is 0 Å². The first kappa shape index (κ1) is 26.1. The van der Waals surface area contributed by atoms with Crippen molar-refractivity contribution >= 4 is 0 Å². The smallest absolute Gasteiger partial charge is 0.187 e. The largest absolute Gasteiger partial charge is 0.388 e. The zero-order chi connectivity index (χ0) is 23.9. The van der Waals surface area contributed by atoms with Gasteiger partial charge in [0.1, 0.15) is 54.9 Å². The highest BCUT2D eigenvalue weighted by molar-refractivity contribution is 4.95. The van der Waals surface area contributed by atoms with E-state index in [1.165, 1.54) is 21.0 Å². The van der Waals surface area contributed by atoms with Gasteiger partial charge in [0.15, 0.2) is 18.9 Å². The monoisotopic (exact) mass is 470 g/mol. The Hall–Kier alpha value is -0.520. The van der Waals surface area contributed by atoms with Gasteiger partial charge in [0.05, 0.1) is 18.3 Å². The first-order valence-electron chi connectivity index (χ1n) is 10.5. The number of rotatable bonds is 5. The predicted octanol–water partition coefficient (Wildman–Crippen LogP) is -3.84. The van der Waals surface area contributed by atoms with Crippen LogP contribution < -0.4 is 0 Å². The van der Waals surface area contributed by atoms with Crippen LogP contribution in [-0.4, -0.2) is 135 Å². The average molecular weight is 470 g/mol. The first-order chi connectivity index (χ1) is 15.0. The molecule has 13 nitrogen and oxygen atoms in total. The number of hydrogen-bond acceptors (Lipinski definition) is 13. The third-order valence-electron chi connectivity index (χ3n) is 6.18. The summed E-state index contributed by atoms with van der Waals surface area (Å²) in [5.41, 5.74) is 0. The molecule has 3 heterocycles. The van der Waals surface area contributed by atoms with Crippen molar-refractivity contribution in [1.82, 2.24) is 0 Å². The summed E-state index contributed by atoms with van der Waals surface area (Å²) < 4.78 is 33.3. The van der Waals surface area contributed by atoms with Crippen molar-refractivity contribution < 1.29 is 64.2 Å². The van der Waals surface area contributed by atoms with Crippen LogP contribution in [0, 0.1) is 0 Å². The lowest BCUT2D eigenvalue weighted by molar-refractivity contribution is -0.379. The maximum atomic E-state index is 10.8. The fraction of sp³-hybridized carbons (Fsp3) is 1.00. The fourth-order valence-electron chi connectivity index (χ4n) is 4.09. The molecule has 15 atom stereocenters. The average Bonchev–Trinajstić information content (AvgIpc) is 2.76. The van der Waals surface area contributed by atoms with Crippen molar-refractivity contribution in [3.63, 3.8) is 0 Å². The van der Waals surface area contributed by atoms with Crippen LogP contribution in [0.2, 0.25) is 0 Å². The van der Waals surface area contributed by atoms with Crippen molar-refractivity contribution in [3.8, 4) is 0 Å². The van der Waals surface area contributed by atoms with Crippen molar-refractivity contribution in [2.24, 2.45) is 0 Å². The Morgan fingerprint density at radius 2 is 0.875 bits per heavy atom. The molecular formula is C19H34O13. The summed E-state index contributed by atoms with van der Waals surface area (Å²) in [4.78, 5) is 0. The van der Waals surface area contributed by atoms with Gasteiger partial charge in [0, 0.05) is 7.11 Å². The quantitative estimate of drug-likeness (QED) is 0.206. The van der Waals surface area contributed by atoms with Crippen LogP contribution in [0.15, 0.2) is 0 Å². The summed E-state index contributed by atoms with van der Waals surface area (Å²) in [6, 6.07) is 0. The Morgan fingerprint density at radius 3 is 1.31 bits per heavy atom. The van der Waals surface area contributed by atoms with Crippen LogP contribution in [0.4, 0.5) is 0 Å². The van der Waals surface area contributed by atoms with Crippen LogP contribution in [0.3, 0.4) is 0 Å². The zero-order valence-electron chi connectivity index (χ0n) is 18.2. The summed E-state index contributed by atoms with van der Waals surface area (Å²) in [6.45, 7) is 4.55. The molecule has 0 unspecified atom stereocenters.